The molecule has 0 spiro atoms. The summed E-state index contributed by atoms with van der Waals surface area (Å²) in [6, 6.07) is 10.8. The Bertz CT molecular complexity index is 558. The molecule has 2 aromatic rings. The molecule has 0 saturated carbocycles. The molecule has 0 saturated heterocycles. The van der Waals surface area contributed by atoms with E-state index in [2.05, 4.69) is 21.2 Å². The monoisotopic (exact) mass is 330 g/mol. The number of halogens is 3. The number of rotatable bonds is 2. The van der Waals surface area contributed by atoms with Crippen LogP contribution in [0.25, 0.3) is 0 Å². The number of benzene rings is 2. The maximum absolute atomic E-state index is 5.92. The van der Waals surface area contributed by atoms with Gasteiger partial charge in [-0.3, -0.25) is 0 Å². The van der Waals surface area contributed by atoms with Crippen molar-refractivity contribution < 1.29 is 0 Å². The standard InChI is InChI=1S/C12H9BrCl2N2/c13-9-5-7(14)2-4-11(9)17-12-6-8(15)1-3-10(12)16/h1-6,17H,16H2. The summed E-state index contributed by atoms with van der Waals surface area (Å²) in [5.74, 6) is 0. The molecule has 88 valence electrons. The molecule has 0 aliphatic heterocycles. The first-order valence-electron chi connectivity index (χ1n) is 4.83. The minimum atomic E-state index is 0.631. The zero-order chi connectivity index (χ0) is 12.4. The first-order chi connectivity index (χ1) is 8.06. The SMILES string of the molecule is Nc1ccc(Cl)cc1Nc1ccc(Cl)cc1Br. The van der Waals surface area contributed by atoms with Crippen LogP contribution in [0.2, 0.25) is 10.0 Å². The average Bonchev–Trinajstić information content (AvgIpc) is 2.27. The van der Waals surface area contributed by atoms with Gasteiger partial charge < -0.3 is 11.1 Å². The number of anilines is 3. The van der Waals surface area contributed by atoms with Crippen molar-refractivity contribution in [1.82, 2.24) is 0 Å². The molecule has 2 nitrogen and oxygen atoms in total. The Morgan fingerprint density at radius 1 is 0.941 bits per heavy atom. The molecule has 2 rings (SSSR count). The molecular weight excluding hydrogens is 323 g/mol. The van der Waals surface area contributed by atoms with Gasteiger partial charge in [0.1, 0.15) is 0 Å². The van der Waals surface area contributed by atoms with Gasteiger partial charge in [-0.1, -0.05) is 23.2 Å². The quantitative estimate of drug-likeness (QED) is 0.753. The lowest BCUT2D eigenvalue weighted by atomic mass is 10.2. The molecule has 3 N–H and O–H groups in total. The van der Waals surface area contributed by atoms with Gasteiger partial charge in [0.15, 0.2) is 0 Å². The molecule has 2 aromatic carbocycles. The minimum absolute atomic E-state index is 0.631. The van der Waals surface area contributed by atoms with E-state index in [-0.39, 0.29) is 0 Å². The highest BCUT2D eigenvalue weighted by Crippen LogP contribution is 2.31. The lowest BCUT2D eigenvalue weighted by Crippen LogP contribution is -1.96. The normalized spacial score (nSPS) is 10.3. The van der Waals surface area contributed by atoms with Crippen LogP contribution in [0.1, 0.15) is 0 Å². The van der Waals surface area contributed by atoms with E-state index < -0.39 is 0 Å². The molecule has 0 aliphatic rings. The van der Waals surface area contributed by atoms with Crippen LogP contribution in [0, 0.1) is 0 Å². The molecule has 0 aromatic heterocycles. The van der Waals surface area contributed by atoms with Gasteiger partial charge in [-0.15, -0.1) is 0 Å². The van der Waals surface area contributed by atoms with Crippen LogP contribution in [0.4, 0.5) is 17.1 Å². The van der Waals surface area contributed by atoms with E-state index >= 15 is 0 Å². The number of nitrogens with two attached hydrogens (primary N) is 1. The smallest absolute Gasteiger partial charge is 0.0633 e. The molecule has 0 aliphatic carbocycles. The van der Waals surface area contributed by atoms with Crippen LogP contribution < -0.4 is 11.1 Å². The Morgan fingerprint density at radius 3 is 2.29 bits per heavy atom. The van der Waals surface area contributed by atoms with E-state index in [9.17, 15) is 0 Å². The van der Waals surface area contributed by atoms with E-state index in [1.54, 1.807) is 24.3 Å². The molecule has 0 atom stereocenters. The van der Waals surface area contributed by atoms with E-state index in [4.69, 9.17) is 28.9 Å². The fourth-order valence-corrected chi connectivity index (χ4v) is 2.33. The summed E-state index contributed by atoms with van der Waals surface area (Å²) in [5.41, 5.74) is 8.13. The highest BCUT2D eigenvalue weighted by molar-refractivity contribution is 9.10. The molecule has 0 radical (unpaired) electrons. The lowest BCUT2D eigenvalue weighted by molar-refractivity contribution is 1.52. The molecule has 0 unspecified atom stereocenters. The predicted molar refractivity (Wildman–Crippen MR) is 78.3 cm³/mol. The van der Waals surface area contributed by atoms with E-state index in [0.717, 1.165) is 15.8 Å². The average molecular weight is 332 g/mol. The summed E-state index contributed by atoms with van der Waals surface area (Å²) < 4.78 is 0.865. The Hall–Kier alpha value is -0.900. The zero-order valence-electron chi connectivity index (χ0n) is 8.68. The highest BCUT2D eigenvalue weighted by Gasteiger charge is 2.04. The van der Waals surface area contributed by atoms with E-state index in [1.165, 1.54) is 0 Å². The molecule has 17 heavy (non-hydrogen) atoms. The summed E-state index contributed by atoms with van der Waals surface area (Å²) in [7, 11) is 0. The second-order valence-corrected chi connectivity index (χ2v) is 5.21. The predicted octanol–water partition coefficient (Wildman–Crippen LogP) is 5.08. The van der Waals surface area contributed by atoms with Gasteiger partial charge in [0.25, 0.3) is 0 Å². The van der Waals surface area contributed by atoms with Crippen LogP contribution in [-0.2, 0) is 0 Å². The minimum Gasteiger partial charge on any atom is -0.397 e. The van der Waals surface area contributed by atoms with Crippen molar-refractivity contribution >= 4 is 56.2 Å². The molecule has 0 amide bonds. The van der Waals surface area contributed by atoms with Crippen LogP contribution in [-0.4, -0.2) is 0 Å². The van der Waals surface area contributed by atoms with Crippen molar-refractivity contribution in [2.24, 2.45) is 0 Å². The summed E-state index contributed by atoms with van der Waals surface area (Å²) in [6.45, 7) is 0. The van der Waals surface area contributed by atoms with Crippen molar-refractivity contribution in [2.45, 2.75) is 0 Å². The van der Waals surface area contributed by atoms with Crippen LogP contribution in [0.15, 0.2) is 40.9 Å². The van der Waals surface area contributed by atoms with Crippen molar-refractivity contribution in [3.05, 3.63) is 50.9 Å². The van der Waals surface area contributed by atoms with Crippen LogP contribution >= 0.6 is 39.1 Å². The number of nitrogens with one attached hydrogen (secondary N) is 1. The highest BCUT2D eigenvalue weighted by atomic mass is 79.9. The van der Waals surface area contributed by atoms with Crippen molar-refractivity contribution in [2.75, 3.05) is 11.1 Å². The largest absolute Gasteiger partial charge is 0.397 e. The maximum atomic E-state index is 5.92. The second kappa shape index (κ2) is 5.17. The van der Waals surface area contributed by atoms with Crippen LogP contribution in [0.5, 0.6) is 0 Å². The van der Waals surface area contributed by atoms with Crippen molar-refractivity contribution in [3.63, 3.8) is 0 Å². The summed E-state index contributed by atoms with van der Waals surface area (Å²) in [5, 5.41) is 4.49. The number of hydrogen-bond acceptors (Lipinski definition) is 2. The number of nitrogen functional groups attached to an aromatic ring is 1. The third-order valence-electron chi connectivity index (χ3n) is 2.22. The third-order valence-corrected chi connectivity index (χ3v) is 3.34. The molecule has 0 fully saturated rings. The number of hydrogen-bond donors (Lipinski definition) is 2. The van der Waals surface area contributed by atoms with Gasteiger partial charge in [0.2, 0.25) is 0 Å². The molecule has 0 bridgehead atoms. The fraction of sp³-hybridized carbons (Fsp3) is 0. The fourth-order valence-electron chi connectivity index (χ4n) is 1.37. The molecule has 5 heteroatoms. The van der Waals surface area contributed by atoms with Gasteiger partial charge in [-0.05, 0) is 52.3 Å². The van der Waals surface area contributed by atoms with Gasteiger partial charge in [0.05, 0.1) is 17.1 Å². The van der Waals surface area contributed by atoms with Crippen molar-refractivity contribution in [1.29, 1.82) is 0 Å². The molecular formula is C12H9BrCl2N2. The molecule has 0 heterocycles. The first-order valence-corrected chi connectivity index (χ1v) is 6.38. The lowest BCUT2D eigenvalue weighted by Gasteiger charge is -2.11. The second-order valence-electron chi connectivity index (χ2n) is 3.48. The maximum Gasteiger partial charge on any atom is 0.0633 e. The topological polar surface area (TPSA) is 38.0 Å². The van der Waals surface area contributed by atoms with Gasteiger partial charge in [0, 0.05) is 14.5 Å². The van der Waals surface area contributed by atoms with E-state index in [1.807, 2.05) is 12.1 Å². The Morgan fingerprint density at radius 2 is 1.59 bits per heavy atom. The summed E-state index contributed by atoms with van der Waals surface area (Å²) in [6.07, 6.45) is 0. The van der Waals surface area contributed by atoms with Gasteiger partial charge >= 0.3 is 0 Å². The summed E-state index contributed by atoms with van der Waals surface area (Å²) in [4.78, 5) is 0. The van der Waals surface area contributed by atoms with Gasteiger partial charge in [-0.2, -0.15) is 0 Å². The third kappa shape index (κ3) is 3.06. The first kappa shape index (κ1) is 12.6. The van der Waals surface area contributed by atoms with Crippen molar-refractivity contribution in [3.8, 4) is 0 Å². The Balaban J connectivity index is 2.34. The summed E-state index contributed by atoms with van der Waals surface area (Å²) >= 11 is 15.2. The van der Waals surface area contributed by atoms with Crippen LogP contribution in [0.3, 0.4) is 0 Å². The Labute approximate surface area is 118 Å². The Kier molecular flexibility index (Phi) is 3.82. The van der Waals surface area contributed by atoms with Gasteiger partial charge in [-0.25, -0.2) is 0 Å². The van der Waals surface area contributed by atoms with E-state index in [0.29, 0.717) is 15.7 Å². The zero-order valence-corrected chi connectivity index (χ0v) is 11.8.